The second-order valence-electron chi connectivity index (χ2n) is 3.43. The third kappa shape index (κ3) is 3.27. The molecule has 1 aromatic rings. The van der Waals surface area contributed by atoms with E-state index in [0.29, 0.717) is 0 Å². The molecule has 0 heterocycles. The number of benzene rings is 1. The lowest BCUT2D eigenvalue weighted by Crippen LogP contribution is -2.34. The van der Waals surface area contributed by atoms with E-state index in [2.05, 4.69) is 5.32 Å². The molecule has 0 amide bonds. The summed E-state index contributed by atoms with van der Waals surface area (Å²) in [4.78, 5) is 0. The number of halogens is 1. The Kier molecular flexibility index (Phi) is 5.38. The van der Waals surface area contributed by atoms with Crippen LogP contribution in [0.4, 0.5) is 4.39 Å². The van der Waals surface area contributed by atoms with Crippen LogP contribution in [0.2, 0.25) is 0 Å². The van der Waals surface area contributed by atoms with Gasteiger partial charge in [0.2, 0.25) is 0 Å². The first-order valence-corrected chi connectivity index (χ1v) is 5.27. The lowest BCUT2D eigenvalue weighted by molar-refractivity contribution is -0.124. The monoisotopic (exact) mass is 227 g/mol. The zero-order chi connectivity index (χ0) is 12.0. The van der Waals surface area contributed by atoms with Gasteiger partial charge in [0.25, 0.3) is 0 Å². The Morgan fingerprint density at radius 1 is 1.31 bits per heavy atom. The fourth-order valence-electron chi connectivity index (χ4n) is 1.66. The topological polar surface area (TPSA) is 30.5 Å². The number of hydrogen-bond donors (Lipinski definition) is 1. The summed E-state index contributed by atoms with van der Waals surface area (Å²) in [6, 6.07) is 6.26. The van der Waals surface area contributed by atoms with E-state index in [1.54, 1.807) is 20.3 Å². The van der Waals surface area contributed by atoms with E-state index in [9.17, 15) is 4.39 Å². The first kappa shape index (κ1) is 13.1. The van der Waals surface area contributed by atoms with E-state index in [4.69, 9.17) is 9.47 Å². The molecule has 0 saturated carbocycles. The Morgan fingerprint density at radius 2 is 2.00 bits per heavy atom. The van der Waals surface area contributed by atoms with E-state index in [1.807, 2.05) is 13.0 Å². The highest BCUT2D eigenvalue weighted by molar-refractivity contribution is 5.20. The van der Waals surface area contributed by atoms with Crippen LogP contribution in [0.25, 0.3) is 0 Å². The van der Waals surface area contributed by atoms with Crippen molar-refractivity contribution in [2.24, 2.45) is 0 Å². The number of methoxy groups -OCH3 is 2. The van der Waals surface area contributed by atoms with Crippen molar-refractivity contribution in [2.45, 2.75) is 19.3 Å². The fraction of sp³-hybridized carbons (Fsp3) is 0.500. The van der Waals surface area contributed by atoms with E-state index < -0.39 is 6.29 Å². The Morgan fingerprint density at radius 3 is 2.50 bits per heavy atom. The summed E-state index contributed by atoms with van der Waals surface area (Å²) in [7, 11) is 3.13. The molecule has 0 aliphatic carbocycles. The molecule has 1 aromatic carbocycles. The van der Waals surface area contributed by atoms with Gasteiger partial charge in [0.05, 0.1) is 6.04 Å². The maximum Gasteiger partial charge on any atom is 0.176 e. The molecular formula is C12H18FNO2. The molecule has 4 heteroatoms. The van der Waals surface area contributed by atoms with Crippen LogP contribution in [-0.2, 0) is 9.47 Å². The largest absolute Gasteiger partial charge is 0.354 e. The molecule has 3 nitrogen and oxygen atoms in total. The summed E-state index contributed by atoms with van der Waals surface area (Å²) in [5, 5.41) is 3.21. The Labute approximate surface area is 95.6 Å². The molecule has 0 saturated heterocycles. The van der Waals surface area contributed by atoms with E-state index in [1.165, 1.54) is 12.1 Å². The van der Waals surface area contributed by atoms with Crippen molar-refractivity contribution >= 4 is 0 Å². The normalized spacial score (nSPS) is 13.1. The van der Waals surface area contributed by atoms with Crippen molar-refractivity contribution in [2.75, 3.05) is 20.8 Å². The molecule has 0 bridgehead atoms. The van der Waals surface area contributed by atoms with Crippen molar-refractivity contribution < 1.29 is 13.9 Å². The molecule has 0 fully saturated rings. The van der Waals surface area contributed by atoms with E-state index in [0.717, 1.165) is 12.1 Å². The van der Waals surface area contributed by atoms with Crippen LogP contribution in [-0.4, -0.2) is 27.1 Å². The molecule has 1 atom stereocenters. The summed E-state index contributed by atoms with van der Waals surface area (Å²) in [6.07, 6.45) is -0.429. The zero-order valence-corrected chi connectivity index (χ0v) is 9.87. The maximum absolute atomic E-state index is 13.1. The van der Waals surface area contributed by atoms with Gasteiger partial charge in [-0.3, -0.25) is 0 Å². The highest BCUT2D eigenvalue weighted by atomic mass is 19.1. The molecule has 1 N–H and O–H groups in total. The predicted molar refractivity (Wildman–Crippen MR) is 60.6 cm³/mol. The van der Waals surface area contributed by atoms with Gasteiger partial charge >= 0.3 is 0 Å². The Balaban J connectivity index is 2.91. The number of hydrogen-bond acceptors (Lipinski definition) is 3. The summed E-state index contributed by atoms with van der Waals surface area (Å²) in [5.74, 6) is -0.258. The second-order valence-corrected chi connectivity index (χ2v) is 3.43. The average molecular weight is 227 g/mol. The first-order chi connectivity index (χ1) is 7.72. The third-order valence-corrected chi connectivity index (χ3v) is 2.37. The average Bonchev–Trinajstić information content (AvgIpc) is 2.29. The quantitative estimate of drug-likeness (QED) is 0.755. The van der Waals surface area contributed by atoms with Gasteiger partial charge in [0, 0.05) is 14.2 Å². The van der Waals surface area contributed by atoms with Gasteiger partial charge < -0.3 is 14.8 Å². The molecular weight excluding hydrogens is 209 g/mol. The molecule has 16 heavy (non-hydrogen) atoms. The zero-order valence-electron chi connectivity index (χ0n) is 9.87. The molecule has 0 aromatic heterocycles. The van der Waals surface area contributed by atoms with Gasteiger partial charge in [-0.05, 0) is 24.2 Å². The van der Waals surface area contributed by atoms with Gasteiger partial charge in [-0.25, -0.2) is 4.39 Å². The van der Waals surface area contributed by atoms with Crippen LogP contribution in [0.3, 0.4) is 0 Å². The maximum atomic E-state index is 13.1. The number of ether oxygens (including phenoxy) is 2. The highest BCUT2D eigenvalue weighted by Crippen LogP contribution is 2.20. The number of likely N-dealkylation sites (N-methyl/N-ethyl adjacent to an activating group) is 1. The summed E-state index contributed by atoms with van der Waals surface area (Å²) >= 11 is 0. The smallest absolute Gasteiger partial charge is 0.176 e. The minimum Gasteiger partial charge on any atom is -0.354 e. The van der Waals surface area contributed by atoms with Gasteiger partial charge in [-0.2, -0.15) is 0 Å². The molecule has 0 aliphatic rings. The fourth-order valence-corrected chi connectivity index (χ4v) is 1.66. The van der Waals surface area contributed by atoms with Crippen molar-refractivity contribution in [3.05, 3.63) is 35.6 Å². The first-order valence-electron chi connectivity index (χ1n) is 5.27. The molecule has 1 rings (SSSR count). The number of nitrogens with one attached hydrogen (secondary N) is 1. The lowest BCUT2D eigenvalue weighted by atomic mass is 10.1. The molecule has 0 radical (unpaired) electrons. The van der Waals surface area contributed by atoms with Crippen LogP contribution >= 0.6 is 0 Å². The standard InChI is InChI=1S/C12H18FNO2/c1-4-14-11(12(15-2)16-3)9-6-5-7-10(13)8-9/h5-8,11-12,14H,4H2,1-3H3. The van der Waals surface area contributed by atoms with Gasteiger partial charge in [0.1, 0.15) is 5.82 Å². The number of rotatable bonds is 6. The van der Waals surface area contributed by atoms with Crippen molar-refractivity contribution in [1.29, 1.82) is 0 Å². The minimum atomic E-state index is -0.429. The Hall–Kier alpha value is -0.970. The molecule has 1 unspecified atom stereocenters. The van der Waals surface area contributed by atoms with Gasteiger partial charge in [0.15, 0.2) is 6.29 Å². The third-order valence-electron chi connectivity index (χ3n) is 2.37. The Bertz CT molecular complexity index is 316. The van der Waals surface area contributed by atoms with Crippen molar-refractivity contribution in [3.8, 4) is 0 Å². The van der Waals surface area contributed by atoms with Crippen LogP contribution in [0.1, 0.15) is 18.5 Å². The van der Waals surface area contributed by atoms with Crippen LogP contribution in [0.15, 0.2) is 24.3 Å². The van der Waals surface area contributed by atoms with Crippen LogP contribution in [0.5, 0.6) is 0 Å². The van der Waals surface area contributed by atoms with Crippen molar-refractivity contribution in [3.63, 3.8) is 0 Å². The SMILES string of the molecule is CCNC(c1cccc(F)c1)C(OC)OC. The summed E-state index contributed by atoms with van der Waals surface area (Å²) in [6.45, 7) is 2.74. The van der Waals surface area contributed by atoms with Crippen LogP contribution in [0, 0.1) is 5.82 Å². The van der Waals surface area contributed by atoms with Crippen LogP contribution < -0.4 is 5.32 Å². The van der Waals surface area contributed by atoms with Crippen molar-refractivity contribution in [1.82, 2.24) is 5.32 Å². The van der Waals surface area contributed by atoms with E-state index in [-0.39, 0.29) is 11.9 Å². The molecule has 0 spiro atoms. The molecule has 0 aliphatic heterocycles. The van der Waals surface area contributed by atoms with E-state index >= 15 is 0 Å². The lowest BCUT2D eigenvalue weighted by Gasteiger charge is -2.25. The summed E-state index contributed by atoms with van der Waals surface area (Å²) < 4.78 is 23.5. The highest BCUT2D eigenvalue weighted by Gasteiger charge is 2.21. The minimum absolute atomic E-state index is 0.171. The molecule has 90 valence electrons. The summed E-state index contributed by atoms with van der Waals surface area (Å²) in [5.41, 5.74) is 0.815. The van der Waals surface area contributed by atoms with Gasteiger partial charge in [-0.15, -0.1) is 0 Å². The second kappa shape index (κ2) is 6.58. The predicted octanol–water partition coefficient (Wildman–Crippen LogP) is 2.10. The van der Waals surface area contributed by atoms with Gasteiger partial charge in [-0.1, -0.05) is 19.1 Å².